The summed E-state index contributed by atoms with van der Waals surface area (Å²) in [5.74, 6) is -3.48. The first-order chi connectivity index (χ1) is 18.2. The van der Waals surface area contributed by atoms with Crippen molar-refractivity contribution < 1.29 is 33.5 Å². The Morgan fingerprint density at radius 3 is 2.15 bits per heavy atom. The molecule has 0 radical (unpaired) electrons. The summed E-state index contributed by atoms with van der Waals surface area (Å²) in [5, 5.41) is 5.48. The molecule has 2 fully saturated rings. The summed E-state index contributed by atoms with van der Waals surface area (Å²) in [4.78, 5) is 83.1. The van der Waals surface area contributed by atoms with Gasteiger partial charge in [-0.15, -0.1) is 0 Å². The Morgan fingerprint density at radius 1 is 0.923 bits per heavy atom. The van der Waals surface area contributed by atoms with Crippen LogP contribution in [0.5, 0.6) is 0 Å². The SMILES string of the molecule is CC[C@H](C)[C@@H]1NC(=O)[C@@H]2CCCN2C(=O)[C@@H](C)OC(=O)CCNC(=O)[C@H](C)N(C)C(=O)C(C(C)C)N(C)C1=O. The number of cyclic esters (lactones) is 1. The van der Waals surface area contributed by atoms with Crippen molar-refractivity contribution >= 4 is 35.5 Å². The van der Waals surface area contributed by atoms with Crippen molar-refractivity contribution in [1.82, 2.24) is 25.3 Å². The molecule has 2 N–H and O–H groups in total. The van der Waals surface area contributed by atoms with Gasteiger partial charge in [-0.2, -0.15) is 0 Å². The number of esters is 1. The van der Waals surface area contributed by atoms with E-state index in [1.807, 2.05) is 27.7 Å². The quantitative estimate of drug-likeness (QED) is 0.480. The van der Waals surface area contributed by atoms with Gasteiger partial charge in [0.05, 0.1) is 6.42 Å². The summed E-state index contributed by atoms with van der Waals surface area (Å²) < 4.78 is 5.28. The molecule has 39 heavy (non-hydrogen) atoms. The van der Waals surface area contributed by atoms with Gasteiger partial charge in [0.25, 0.3) is 5.91 Å². The molecule has 0 saturated carbocycles. The largest absolute Gasteiger partial charge is 0.452 e. The van der Waals surface area contributed by atoms with Crippen LogP contribution in [0, 0.1) is 11.8 Å². The second-order valence-electron chi connectivity index (χ2n) is 11.0. The number of likely N-dealkylation sites (N-methyl/N-ethyl adjacent to an activating group) is 2. The fourth-order valence-electron chi connectivity index (χ4n) is 5.04. The van der Waals surface area contributed by atoms with Crippen LogP contribution >= 0.6 is 0 Å². The van der Waals surface area contributed by atoms with Crippen molar-refractivity contribution in [3.63, 3.8) is 0 Å². The van der Waals surface area contributed by atoms with Gasteiger partial charge in [-0.1, -0.05) is 34.1 Å². The highest BCUT2D eigenvalue weighted by atomic mass is 16.5. The molecule has 2 heterocycles. The number of nitrogens with one attached hydrogen (secondary N) is 2. The van der Waals surface area contributed by atoms with Crippen LogP contribution < -0.4 is 10.6 Å². The van der Waals surface area contributed by atoms with Gasteiger partial charge in [-0.3, -0.25) is 28.8 Å². The van der Waals surface area contributed by atoms with Crippen molar-refractivity contribution in [3.8, 4) is 0 Å². The summed E-state index contributed by atoms with van der Waals surface area (Å²) in [6, 6.07) is -3.50. The zero-order valence-corrected chi connectivity index (χ0v) is 24.5. The molecule has 2 saturated heterocycles. The van der Waals surface area contributed by atoms with Crippen molar-refractivity contribution in [2.45, 2.75) is 97.5 Å². The lowest BCUT2D eigenvalue weighted by Gasteiger charge is -2.38. The topological polar surface area (TPSA) is 145 Å². The molecule has 12 nitrogen and oxygen atoms in total. The predicted molar refractivity (Wildman–Crippen MR) is 143 cm³/mol. The van der Waals surface area contributed by atoms with E-state index in [2.05, 4.69) is 10.6 Å². The van der Waals surface area contributed by atoms with E-state index < -0.39 is 65.8 Å². The molecule has 12 heteroatoms. The van der Waals surface area contributed by atoms with Crippen LogP contribution in [0.1, 0.15) is 67.2 Å². The minimum atomic E-state index is -1.11. The van der Waals surface area contributed by atoms with Crippen LogP contribution in [-0.4, -0.2) is 108 Å². The average Bonchev–Trinajstić information content (AvgIpc) is 3.38. The number of carbonyl (C=O) groups excluding carboxylic acids is 6. The summed E-state index contributed by atoms with van der Waals surface area (Å²) >= 11 is 0. The van der Waals surface area contributed by atoms with Gasteiger partial charge in [-0.25, -0.2) is 0 Å². The first kappa shape index (κ1) is 32.0. The van der Waals surface area contributed by atoms with Gasteiger partial charge < -0.3 is 30.1 Å². The van der Waals surface area contributed by atoms with Crippen molar-refractivity contribution in [1.29, 1.82) is 0 Å². The second-order valence-corrected chi connectivity index (χ2v) is 11.0. The monoisotopic (exact) mass is 551 g/mol. The highest BCUT2D eigenvalue weighted by molar-refractivity contribution is 5.96. The molecule has 2 aliphatic heterocycles. The summed E-state index contributed by atoms with van der Waals surface area (Å²) in [5.41, 5.74) is 0. The molecule has 6 atom stereocenters. The summed E-state index contributed by atoms with van der Waals surface area (Å²) in [6.45, 7) is 10.7. The third kappa shape index (κ3) is 7.48. The highest BCUT2D eigenvalue weighted by Crippen LogP contribution is 2.22. The van der Waals surface area contributed by atoms with Gasteiger partial charge in [0.15, 0.2) is 6.10 Å². The van der Waals surface area contributed by atoms with Crippen LogP contribution in [-0.2, 0) is 33.5 Å². The molecule has 0 aromatic heterocycles. The first-order valence-corrected chi connectivity index (χ1v) is 13.8. The number of ether oxygens (including phenoxy) is 1. The van der Waals surface area contributed by atoms with Crippen molar-refractivity contribution in [3.05, 3.63) is 0 Å². The summed E-state index contributed by atoms with van der Waals surface area (Å²) in [6.07, 6.45) is 0.309. The molecular formula is C27H45N5O7. The van der Waals surface area contributed by atoms with E-state index >= 15 is 0 Å². The van der Waals surface area contributed by atoms with Gasteiger partial charge in [0.1, 0.15) is 24.2 Å². The molecular weight excluding hydrogens is 506 g/mol. The number of rotatable bonds is 3. The van der Waals surface area contributed by atoms with Gasteiger partial charge >= 0.3 is 5.97 Å². The van der Waals surface area contributed by atoms with Crippen LogP contribution in [0.2, 0.25) is 0 Å². The second kappa shape index (κ2) is 13.7. The normalized spacial score (nSPS) is 29.8. The Morgan fingerprint density at radius 2 is 1.56 bits per heavy atom. The van der Waals surface area contributed by atoms with E-state index in [1.54, 1.807) is 6.92 Å². The van der Waals surface area contributed by atoms with Crippen molar-refractivity contribution in [2.75, 3.05) is 27.2 Å². The minimum absolute atomic E-state index is 0.0394. The number of hydrogen-bond acceptors (Lipinski definition) is 7. The maximum Gasteiger partial charge on any atom is 0.308 e. The molecule has 0 spiro atoms. The van der Waals surface area contributed by atoms with Crippen LogP contribution in [0.15, 0.2) is 0 Å². The van der Waals surface area contributed by atoms with E-state index in [1.165, 1.54) is 35.7 Å². The Kier molecular flexibility index (Phi) is 11.3. The molecule has 2 rings (SSSR count). The molecule has 0 aromatic rings. The van der Waals surface area contributed by atoms with Gasteiger partial charge in [0, 0.05) is 27.2 Å². The molecule has 0 aromatic carbocycles. The maximum absolute atomic E-state index is 13.8. The molecule has 1 unspecified atom stereocenters. The smallest absolute Gasteiger partial charge is 0.308 e. The molecule has 0 aliphatic carbocycles. The lowest BCUT2D eigenvalue weighted by Crippen LogP contribution is -2.60. The van der Waals surface area contributed by atoms with E-state index in [0.717, 1.165) is 0 Å². The third-order valence-electron chi connectivity index (χ3n) is 7.86. The Labute approximate surface area is 231 Å². The number of fused-ring (bicyclic) bond motifs is 1. The Balaban J connectivity index is 2.48. The molecule has 0 bridgehead atoms. The number of nitrogens with zero attached hydrogens (tertiary/aromatic N) is 3. The van der Waals surface area contributed by atoms with E-state index in [9.17, 15) is 28.8 Å². The fraction of sp³-hybridized carbons (Fsp3) is 0.778. The molecule has 220 valence electrons. The van der Waals surface area contributed by atoms with E-state index in [-0.39, 0.29) is 24.8 Å². The average molecular weight is 552 g/mol. The molecule has 5 amide bonds. The zero-order chi connectivity index (χ0) is 29.6. The van der Waals surface area contributed by atoms with E-state index in [0.29, 0.717) is 25.8 Å². The Hall–Kier alpha value is -3.18. The van der Waals surface area contributed by atoms with Crippen LogP contribution in [0.4, 0.5) is 0 Å². The van der Waals surface area contributed by atoms with Crippen LogP contribution in [0.25, 0.3) is 0 Å². The predicted octanol–water partition coefficient (Wildman–Crippen LogP) is 0.290. The van der Waals surface area contributed by atoms with Crippen molar-refractivity contribution in [2.24, 2.45) is 11.8 Å². The maximum atomic E-state index is 13.8. The zero-order valence-electron chi connectivity index (χ0n) is 24.5. The van der Waals surface area contributed by atoms with E-state index in [4.69, 9.17) is 4.74 Å². The lowest BCUT2D eigenvalue weighted by molar-refractivity contribution is -0.160. The number of carbonyl (C=O) groups is 6. The molecule has 2 aliphatic rings. The highest BCUT2D eigenvalue weighted by Gasteiger charge is 2.42. The lowest BCUT2D eigenvalue weighted by atomic mass is 9.94. The number of hydrogen-bond donors (Lipinski definition) is 2. The first-order valence-electron chi connectivity index (χ1n) is 13.8. The minimum Gasteiger partial charge on any atom is -0.452 e. The van der Waals surface area contributed by atoms with Gasteiger partial charge in [0.2, 0.25) is 23.6 Å². The Bertz CT molecular complexity index is 955. The third-order valence-corrected chi connectivity index (χ3v) is 7.86. The van der Waals surface area contributed by atoms with Crippen LogP contribution in [0.3, 0.4) is 0 Å². The summed E-state index contributed by atoms with van der Waals surface area (Å²) in [7, 11) is 3.02. The standard InChI is InChI=1S/C27H45N5O7/c1-9-16(4)21-26(37)31(8)22(15(2)3)27(38)30(7)17(5)23(34)28-13-12-20(33)39-18(6)25(36)32-14-10-11-19(32)24(35)29-21/h15-19,21-22H,9-14H2,1-8H3,(H,28,34)(H,29,35)/t16-,17-,18+,19-,21-,22?/m0/s1. The number of amides is 5. The fourth-order valence-corrected chi connectivity index (χ4v) is 5.04. The van der Waals surface area contributed by atoms with Gasteiger partial charge in [-0.05, 0) is 38.5 Å².